The van der Waals surface area contributed by atoms with Crippen molar-refractivity contribution >= 4 is 5.69 Å². The third-order valence-corrected chi connectivity index (χ3v) is 5.40. The van der Waals surface area contributed by atoms with Crippen LogP contribution in [0.3, 0.4) is 0 Å². The van der Waals surface area contributed by atoms with E-state index in [0.717, 1.165) is 24.8 Å². The summed E-state index contributed by atoms with van der Waals surface area (Å²) in [7, 11) is 4.01. The van der Waals surface area contributed by atoms with E-state index in [-0.39, 0.29) is 0 Å². The van der Waals surface area contributed by atoms with Crippen LogP contribution in [0.15, 0.2) is 18.2 Å². The molecular weight excluding hydrogens is 286 g/mol. The van der Waals surface area contributed by atoms with Gasteiger partial charge in [-0.3, -0.25) is 4.90 Å². The van der Waals surface area contributed by atoms with Crippen LogP contribution in [0.1, 0.15) is 18.4 Å². The Kier molecular flexibility index (Phi) is 5.44. The lowest BCUT2D eigenvalue weighted by atomic mass is 9.96. The lowest BCUT2D eigenvalue weighted by Gasteiger charge is -2.39. The Hall–Kier alpha value is -1.26. The van der Waals surface area contributed by atoms with Gasteiger partial charge in [0.2, 0.25) is 0 Å². The van der Waals surface area contributed by atoms with E-state index in [1.54, 1.807) is 7.11 Å². The Morgan fingerprint density at radius 3 is 2.39 bits per heavy atom. The van der Waals surface area contributed by atoms with Crippen LogP contribution in [0.2, 0.25) is 0 Å². The molecule has 2 aliphatic rings. The van der Waals surface area contributed by atoms with Crippen LogP contribution in [0.4, 0.5) is 5.69 Å². The van der Waals surface area contributed by atoms with Gasteiger partial charge in [-0.25, -0.2) is 0 Å². The average molecular weight is 317 g/mol. The van der Waals surface area contributed by atoms with Gasteiger partial charge < -0.3 is 14.5 Å². The van der Waals surface area contributed by atoms with Crippen molar-refractivity contribution in [2.75, 3.05) is 64.9 Å². The van der Waals surface area contributed by atoms with Crippen LogP contribution in [0.25, 0.3) is 0 Å². The summed E-state index contributed by atoms with van der Waals surface area (Å²) in [6, 6.07) is 6.53. The van der Waals surface area contributed by atoms with Crippen LogP contribution >= 0.6 is 0 Å². The Morgan fingerprint density at radius 1 is 1.04 bits per heavy atom. The van der Waals surface area contributed by atoms with Crippen molar-refractivity contribution in [3.05, 3.63) is 23.8 Å². The molecule has 2 heterocycles. The van der Waals surface area contributed by atoms with Gasteiger partial charge >= 0.3 is 0 Å². The summed E-state index contributed by atoms with van der Waals surface area (Å²) < 4.78 is 5.58. The minimum absolute atomic E-state index is 0.895. The molecule has 0 aromatic heterocycles. The van der Waals surface area contributed by atoms with Crippen molar-refractivity contribution in [1.82, 2.24) is 9.80 Å². The molecule has 2 aliphatic heterocycles. The largest absolute Gasteiger partial charge is 0.495 e. The number of hydrogen-bond donors (Lipinski definition) is 0. The molecule has 0 saturated carbocycles. The van der Waals surface area contributed by atoms with Crippen molar-refractivity contribution in [2.24, 2.45) is 5.92 Å². The summed E-state index contributed by atoms with van der Waals surface area (Å²) in [6.45, 7) is 10.5. The van der Waals surface area contributed by atoms with Crippen LogP contribution in [0.5, 0.6) is 5.75 Å². The smallest absolute Gasteiger partial charge is 0.142 e. The maximum absolute atomic E-state index is 5.58. The molecule has 0 amide bonds. The Balaban J connectivity index is 1.52. The van der Waals surface area contributed by atoms with E-state index >= 15 is 0 Å². The molecule has 4 nitrogen and oxygen atoms in total. The van der Waals surface area contributed by atoms with Crippen LogP contribution < -0.4 is 9.64 Å². The van der Waals surface area contributed by atoms with Gasteiger partial charge in [-0.1, -0.05) is 6.07 Å². The van der Waals surface area contributed by atoms with Crippen molar-refractivity contribution in [3.63, 3.8) is 0 Å². The van der Waals surface area contributed by atoms with E-state index in [4.69, 9.17) is 4.74 Å². The van der Waals surface area contributed by atoms with E-state index in [1.165, 1.54) is 56.8 Å². The third kappa shape index (κ3) is 4.18. The Morgan fingerprint density at radius 2 is 1.74 bits per heavy atom. The standard InChI is InChI=1S/C19H31N3O/c1-16-4-5-18(19(14-16)23-3)22-12-10-21(11-13-22)15-17-6-8-20(2)9-7-17/h4-5,14,17H,6-13,15H2,1-3H3. The number of nitrogens with zero attached hydrogens (tertiary/aromatic N) is 3. The van der Waals surface area contributed by atoms with E-state index in [9.17, 15) is 0 Å². The summed E-state index contributed by atoms with van der Waals surface area (Å²) in [5, 5.41) is 0. The number of piperidine rings is 1. The SMILES string of the molecule is COc1cc(C)ccc1N1CCN(CC2CCN(C)CC2)CC1. The molecule has 0 N–H and O–H groups in total. The van der Waals surface area contributed by atoms with Gasteiger partial charge in [0.1, 0.15) is 5.75 Å². The summed E-state index contributed by atoms with van der Waals surface area (Å²) in [5.74, 6) is 1.90. The molecular formula is C19H31N3O. The van der Waals surface area contributed by atoms with Gasteiger partial charge in [-0.05, 0) is 63.5 Å². The molecule has 0 atom stereocenters. The minimum atomic E-state index is 0.895. The van der Waals surface area contributed by atoms with Crippen LogP contribution in [-0.4, -0.2) is 69.8 Å². The highest BCUT2D eigenvalue weighted by Crippen LogP contribution is 2.30. The first-order chi connectivity index (χ1) is 11.2. The molecule has 1 aromatic rings. The second-order valence-corrected chi connectivity index (χ2v) is 7.21. The van der Waals surface area contributed by atoms with Crippen molar-refractivity contribution in [3.8, 4) is 5.75 Å². The lowest BCUT2D eigenvalue weighted by Crippen LogP contribution is -2.48. The maximum atomic E-state index is 5.58. The van der Waals surface area contributed by atoms with Gasteiger partial charge in [0, 0.05) is 32.7 Å². The fourth-order valence-electron chi connectivity index (χ4n) is 3.83. The monoisotopic (exact) mass is 317 g/mol. The Labute approximate surface area is 141 Å². The summed E-state index contributed by atoms with van der Waals surface area (Å²) in [6.07, 6.45) is 2.73. The normalized spacial score (nSPS) is 21.6. The number of piperazine rings is 1. The fourth-order valence-corrected chi connectivity index (χ4v) is 3.83. The summed E-state index contributed by atoms with van der Waals surface area (Å²) >= 11 is 0. The number of aryl methyl sites for hydroxylation is 1. The minimum Gasteiger partial charge on any atom is -0.495 e. The van der Waals surface area contributed by atoms with E-state index in [2.05, 4.69) is 46.9 Å². The molecule has 3 rings (SSSR count). The number of methoxy groups -OCH3 is 1. The molecule has 2 saturated heterocycles. The number of anilines is 1. The fraction of sp³-hybridized carbons (Fsp3) is 0.684. The first kappa shape index (κ1) is 16.6. The molecule has 2 fully saturated rings. The molecule has 0 radical (unpaired) electrons. The van der Waals surface area contributed by atoms with E-state index < -0.39 is 0 Å². The van der Waals surface area contributed by atoms with Gasteiger partial charge in [0.25, 0.3) is 0 Å². The molecule has 0 aliphatic carbocycles. The number of hydrogen-bond acceptors (Lipinski definition) is 4. The highest BCUT2D eigenvalue weighted by Gasteiger charge is 2.23. The van der Waals surface area contributed by atoms with E-state index in [1.807, 2.05) is 0 Å². The molecule has 0 bridgehead atoms. The zero-order chi connectivity index (χ0) is 16.2. The molecule has 1 aromatic carbocycles. The number of benzene rings is 1. The quantitative estimate of drug-likeness (QED) is 0.849. The van der Waals surface area contributed by atoms with Crippen molar-refractivity contribution in [2.45, 2.75) is 19.8 Å². The van der Waals surface area contributed by atoms with Crippen molar-refractivity contribution in [1.29, 1.82) is 0 Å². The van der Waals surface area contributed by atoms with Crippen LogP contribution in [-0.2, 0) is 0 Å². The van der Waals surface area contributed by atoms with Gasteiger partial charge in [0.15, 0.2) is 0 Å². The highest BCUT2D eigenvalue weighted by atomic mass is 16.5. The van der Waals surface area contributed by atoms with Gasteiger partial charge in [-0.2, -0.15) is 0 Å². The first-order valence-corrected chi connectivity index (χ1v) is 8.96. The highest BCUT2D eigenvalue weighted by molar-refractivity contribution is 5.60. The molecule has 128 valence electrons. The lowest BCUT2D eigenvalue weighted by molar-refractivity contribution is 0.155. The summed E-state index contributed by atoms with van der Waals surface area (Å²) in [5.41, 5.74) is 2.50. The molecule has 0 unspecified atom stereocenters. The zero-order valence-corrected chi connectivity index (χ0v) is 14.9. The topological polar surface area (TPSA) is 19.0 Å². The van der Waals surface area contributed by atoms with Gasteiger partial charge in [0.05, 0.1) is 12.8 Å². The van der Waals surface area contributed by atoms with E-state index in [0.29, 0.717) is 0 Å². The number of ether oxygens (including phenoxy) is 1. The molecule has 23 heavy (non-hydrogen) atoms. The predicted molar refractivity (Wildman–Crippen MR) is 96.6 cm³/mol. The molecule has 0 spiro atoms. The Bertz CT molecular complexity index is 503. The maximum Gasteiger partial charge on any atom is 0.142 e. The van der Waals surface area contributed by atoms with Crippen LogP contribution in [0, 0.1) is 12.8 Å². The number of rotatable bonds is 4. The third-order valence-electron chi connectivity index (χ3n) is 5.40. The predicted octanol–water partition coefficient (Wildman–Crippen LogP) is 2.47. The summed E-state index contributed by atoms with van der Waals surface area (Å²) in [4.78, 5) is 7.59. The first-order valence-electron chi connectivity index (χ1n) is 8.96. The average Bonchev–Trinajstić information content (AvgIpc) is 2.58. The second-order valence-electron chi connectivity index (χ2n) is 7.21. The zero-order valence-electron chi connectivity index (χ0n) is 14.9. The number of likely N-dealkylation sites (tertiary alicyclic amines) is 1. The molecule has 4 heteroatoms. The second kappa shape index (κ2) is 7.54. The van der Waals surface area contributed by atoms with Crippen molar-refractivity contribution < 1.29 is 4.74 Å². The van der Waals surface area contributed by atoms with Gasteiger partial charge in [-0.15, -0.1) is 0 Å².